The first-order valence-electron chi connectivity index (χ1n) is 4.90. The second-order valence-corrected chi connectivity index (χ2v) is 3.66. The van der Waals surface area contributed by atoms with Crippen molar-refractivity contribution in [2.45, 2.75) is 38.9 Å². The van der Waals surface area contributed by atoms with Gasteiger partial charge in [-0.15, -0.1) is 0 Å². The van der Waals surface area contributed by atoms with Gasteiger partial charge in [-0.05, 0) is 32.9 Å². The molecule has 0 aromatic heterocycles. The van der Waals surface area contributed by atoms with Gasteiger partial charge < -0.3 is 5.73 Å². The van der Waals surface area contributed by atoms with Gasteiger partial charge in [0.25, 0.3) is 0 Å². The van der Waals surface area contributed by atoms with E-state index in [2.05, 4.69) is 0 Å². The number of nitrogens with two attached hydrogens (primary N) is 1. The second-order valence-electron chi connectivity index (χ2n) is 3.66. The highest BCUT2D eigenvalue weighted by Gasteiger charge is 2.30. The smallest absolute Gasteiger partial charge is 0.328 e. The maximum absolute atomic E-state index is 12.1. The molecule has 0 radical (unpaired) electrons. The van der Waals surface area contributed by atoms with E-state index < -0.39 is 12.7 Å². The molecule has 0 aromatic rings. The van der Waals surface area contributed by atoms with Crippen molar-refractivity contribution in [3.8, 4) is 0 Å². The summed E-state index contributed by atoms with van der Waals surface area (Å²) >= 11 is 0. The highest BCUT2D eigenvalue weighted by molar-refractivity contribution is 4.65. The zero-order valence-corrected chi connectivity index (χ0v) is 8.77. The molecule has 0 bridgehead atoms. The van der Waals surface area contributed by atoms with Crippen LogP contribution < -0.4 is 5.73 Å². The average molecular weight is 212 g/mol. The molecule has 86 valence electrons. The minimum atomic E-state index is -4.10. The molecule has 0 rings (SSSR count). The van der Waals surface area contributed by atoms with E-state index in [1.807, 2.05) is 6.92 Å². The fraction of sp³-hybridized carbons (Fsp3) is 1.00. The number of halogens is 3. The van der Waals surface area contributed by atoms with Gasteiger partial charge in [-0.3, -0.25) is 4.90 Å². The fourth-order valence-corrected chi connectivity index (χ4v) is 1.23. The molecule has 1 unspecified atom stereocenters. The monoisotopic (exact) mass is 212 g/mol. The van der Waals surface area contributed by atoms with E-state index in [0.717, 1.165) is 6.42 Å². The summed E-state index contributed by atoms with van der Waals surface area (Å²) in [6.45, 7) is 3.75. The van der Waals surface area contributed by atoms with Crippen LogP contribution >= 0.6 is 0 Å². The van der Waals surface area contributed by atoms with Crippen LogP contribution in [0.3, 0.4) is 0 Å². The predicted octanol–water partition coefficient (Wildman–Crippen LogP) is 2.00. The van der Waals surface area contributed by atoms with Gasteiger partial charge in [-0.2, -0.15) is 13.2 Å². The van der Waals surface area contributed by atoms with E-state index in [1.165, 1.54) is 4.90 Å². The molecule has 0 aliphatic rings. The molecular weight excluding hydrogens is 193 g/mol. The minimum Gasteiger partial charge on any atom is -0.328 e. The lowest BCUT2D eigenvalue weighted by Gasteiger charge is -2.23. The first-order valence-corrected chi connectivity index (χ1v) is 4.90. The first kappa shape index (κ1) is 13.7. The van der Waals surface area contributed by atoms with Crippen LogP contribution in [0.25, 0.3) is 0 Å². The molecule has 0 saturated carbocycles. The summed E-state index contributed by atoms with van der Waals surface area (Å²) in [5, 5.41) is 0. The normalized spacial score (nSPS) is 14.8. The Labute approximate surface area is 83.3 Å². The molecule has 0 fully saturated rings. The number of rotatable bonds is 6. The lowest BCUT2D eigenvalue weighted by atomic mass is 10.2. The van der Waals surface area contributed by atoms with Crippen molar-refractivity contribution >= 4 is 0 Å². The maximum Gasteiger partial charge on any atom is 0.401 e. The third-order valence-electron chi connectivity index (χ3n) is 1.84. The van der Waals surface area contributed by atoms with Crippen LogP contribution in [0.5, 0.6) is 0 Å². The second kappa shape index (κ2) is 6.24. The Morgan fingerprint density at radius 3 is 2.21 bits per heavy atom. The summed E-state index contributed by atoms with van der Waals surface area (Å²) in [6.07, 6.45) is -2.77. The highest BCUT2D eigenvalue weighted by atomic mass is 19.4. The topological polar surface area (TPSA) is 29.3 Å². The Morgan fingerprint density at radius 1 is 1.29 bits per heavy atom. The summed E-state index contributed by atoms with van der Waals surface area (Å²) in [4.78, 5) is 1.41. The maximum atomic E-state index is 12.1. The number of hydrogen-bond donors (Lipinski definition) is 1. The van der Waals surface area contributed by atoms with E-state index in [9.17, 15) is 13.2 Å². The minimum absolute atomic E-state index is 0.0393. The summed E-state index contributed by atoms with van der Waals surface area (Å²) in [5.74, 6) is 0. The first-order chi connectivity index (χ1) is 6.35. The largest absolute Gasteiger partial charge is 0.401 e. The van der Waals surface area contributed by atoms with E-state index in [-0.39, 0.29) is 6.04 Å². The standard InChI is InChI=1S/C9H19F3N2/c1-3-5-14(6-4-8(2)13)7-9(10,11)12/h8H,3-7,13H2,1-2H3. The molecular formula is C9H19F3N2. The van der Waals surface area contributed by atoms with Crippen molar-refractivity contribution in [2.24, 2.45) is 5.73 Å². The molecule has 0 aliphatic carbocycles. The lowest BCUT2D eigenvalue weighted by Crippen LogP contribution is -2.37. The van der Waals surface area contributed by atoms with Crippen molar-refractivity contribution in [3.63, 3.8) is 0 Å². The van der Waals surface area contributed by atoms with Gasteiger partial charge in [0.1, 0.15) is 0 Å². The van der Waals surface area contributed by atoms with Crippen LogP contribution in [-0.2, 0) is 0 Å². The SMILES string of the molecule is CCCN(CCC(C)N)CC(F)(F)F. The van der Waals surface area contributed by atoms with Crippen molar-refractivity contribution in [1.82, 2.24) is 4.90 Å². The van der Waals surface area contributed by atoms with Gasteiger partial charge in [-0.1, -0.05) is 6.92 Å². The number of hydrogen-bond acceptors (Lipinski definition) is 2. The van der Waals surface area contributed by atoms with Crippen molar-refractivity contribution in [1.29, 1.82) is 0 Å². The number of nitrogens with zero attached hydrogens (tertiary/aromatic N) is 1. The molecule has 0 spiro atoms. The molecule has 14 heavy (non-hydrogen) atoms. The summed E-state index contributed by atoms with van der Waals surface area (Å²) in [7, 11) is 0. The predicted molar refractivity (Wildman–Crippen MR) is 51.1 cm³/mol. The van der Waals surface area contributed by atoms with Crippen LogP contribution in [0.1, 0.15) is 26.7 Å². The molecule has 1 atom stereocenters. The Bertz CT molecular complexity index is 145. The summed E-state index contributed by atoms with van der Waals surface area (Å²) in [5.41, 5.74) is 5.49. The Kier molecular flexibility index (Phi) is 6.11. The Hall–Kier alpha value is -0.290. The van der Waals surface area contributed by atoms with Gasteiger partial charge in [0, 0.05) is 6.04 Å². The van der Waals surface area contributed by atoms with Gasteiger partial charge in [0.15, 0.2) is 0 Å². The Morgan fingerprint density at radius 2 is 1.86 bits per heavy atom. The highest BCUT2D eigenvalue weighted by Crippen LogP contribution is 2.16. The molecule has 0 heterocycles. The molecule has 2 N–H and O–H groups in total. The third kappa shape index (κ3) is 8.31. The molecule has 0 aromatic carbocycles. The van der Waals surface area contributed by atoms with Gasteiger partial charge in [0.2, 0.25) is 0 Å². The van der Waals surface area contributed by atoms with E-state index in [1.54, 1.807) is 6.92 Å². The van der Waals surface area contributed by atoms with Crippen molar-refractivity contribution in [3.05, 3.63) is 0 Å². The van der Waals surface area contributed by atoms with E-state index in [0.29, 0.717) is 19.5 Å². The lowest BCUT2D eigenvalue weighted by molar-refractivity contribution is -0.146. The van der Waals surface area contributed by atoms with E-state index >= 15 is 0 Å². The van der Waals surface area contributed by atoms with Crippen LogP contribution in [0.15, 0.2) is 0 Å². The van der Waals surface area contributed by atoms with Crippen molar-refractivity contribution < 1.29 is 13.2 Å². The van der Waals surface area contributed by atoms with Crippen LogP contribution in [0, 0.1) is 0 Å². The van der Waals surface area contributed by atoms with Crippen LogP contribution in [0.4, 0.5) is 13.2 Å². The molecule has 2 nitrogen and oxygen atoms in total. The molecule has 5 heteroatoms. The molecule has 0 aliphatic heterocycles. The Balaban J connectivity index is 3.89. The van der Waals surface area contributed by atoms with Gasteiger partial charge in [0.05, 0.1) is 6.54 Å². The fourth-order valence-electron chi connectivity index (χ4n) is 1.23. The quantitative estimate of drug-likeness (QED) is 0.729. The number of alkyl halides is 3. The summed E-state index contributed by atoms with van der Waals surface area (Å²) < 4.78 is 36.2. The van der Waals surface area contributed by atoms with Gasteiger partial charge in [-0.25, -0.2) is 0 Å². The third-order valence-corrected chi connectivity index (χ3v) is 1.84. The average Bonchev–Trinajstić information content (AvgIpc) is 1.98. The van der Waals surface area contributed by atoms with Gasteiger partial charge >= 0.3 is 6.18 Å². The molecule has 0 saturated heterocycles. The zero-order valence-electron chi connectivity index (χ0n) is 8.77. The molecule has 0 amide bonds. The van der Waals surface area contributed by atoms with Crippen LogP contribution in [0.2, 0.25) is 0 Å². The summed E-state index contributed by atoms with van der Waals surface area (Å²) in [6, 6.07) is -0.0393. The van der Waals surface area contributed by atoms with Crippen LogP contribution in [-0.4, -0.2) is 36.8 Å². The van der Waals surface area contributed by atoms with E-state index in [4.69, 9.17) is 5.73 Å². The zero-order chi connectivity index (χ0) is 11.2. The van der Waals surface area contributed by atoms with Crippen molar-refractivity contribution in [2.75, 3.05) is 19.6 Å².